The molecule has 0 N–H and O–H groups in total. The molecule has 0 aromatic heterocycles. The smallest absolute Gasteiger partial charge is 0.0935 e. The monoisotopic (exact) mass is 152 g/mol. The van der Waals surface area contributed by atoms with Crippen LogP contribution in [0.1, 0.15) is 19.8 Å². The Balaban J connectivity index is 2.20. The van der Waals surface area contributed by atoms with Crippen molar-refractivity contribution in [2.24, 2.45) is 0 Å². The summed E-state index contributed by atoms with van der Waals surface area (Å²) in [7, 11) is 0. The van der Waals surface area contributed by atoms with Crippen molar-refractivity contribution in [3.05, 3.63) is 25.2 Å². The molecule has 0 saturated heterocycles. The number of hydrogen-bond donors (Lipinski definition) is 0. The summed E-state index contributed by atoms with van der Waals surface area (Å²) in [6, 6.07) is 0. The second-order valence-electron chi connectivity index (χ2n) is 2.80. The zero-order valence-corrected chi connectivity index (χ0v) is 7.16. The van der Waals surface area contributed by atoms with Crippen molar-refractivity contribution in [3.63, 3.8) is 0 Å². The Morgan fingerprint density at radius 2 is 2.36 bits per heavy atom. The van der Waals surface area contributed by atoms with E-state index in [1.54, 1.807) is 0 Å². The minimum atomic E-state index is 0.976. The van der Waals surface area contributed by atoms with Crippen LogP contribution in [0.3, 0.4) is 0 Å². The number of rotatable bonds is 4. The standard InChI is InChI=1S/C9H16N2/c1-3-5-6-11-8-7-10(4-2)9-11/h4,7-8H,2-3,5-6,9H2,1H3. The van der Waals surface area contributed by atoms with Gasteiger partial charge in [0.25, 0.3) is 0 Å². The van der Waals surface area contributed by atoms with Gasteiger partial charge in [-0.05, 0) is 12.6 Å². The topological polar surface area (TPSA) is 6.48 Å². The lowest BCUT2D eigenvalue weighted by Gasteiger charge is -2.17. The van der Waals surface area contributed by atoms with Gasteiger partial charge in [-0.3, -0.25) is 0 Å². The molecule has 0 aromatic rings. The first-order valence-electron chi connectivity index (χ1n) is 4.17. The molecule has 0 unspecified atom stereocenters. The van der Waals surface area contributed by atoms with Gasteiger partial charge in [0.05, 0.1) is 6.67 Å². The molecule has 0 atom stereocenters. The van der Waals surface area contributed by atoms with Crippen LogP contribution in [-0.4, -0.2) is 23.0 Å². The summed E-state index contributed by atoms with van der Waals surface area (Å²) in [5.41, 5.74) is 0. The molecular weight excluding hydrogens is 136 g/mol. The molecule has 0 radical (unpaired) electrons. The van der Waals surface area contributed by atoms with Crippen molar-refractivity contribution >= 4 is 0 Å². The summed E-state index contributed by atoms with van der Waals surface area (Å²) >= 11 is 0. The Bertz CT molecular complexity index is 152. The van der Waals surface area contributed by atoms with Crippen LogP contribution in [0.15, 0.2) is 25.2 Å². The molecule has 0 saturated carbocycles. The van der Waals surface area contributed by atoms with Crippen molar-refractivity contribution in [1.82, 2.24) is 9.80 Å². The Morgan fingerprint density at radius 1 is 1.55 bits per heavy atom. The highest BCUT2D eigenvalue weighted by Crippen LogP contribution is 2.06. The van der Waals surface area contributed by atoms with Crippen LogP contribution < -0.4 is 0 Å². The van der Waals surface area contributed by atoms with Crippen LogP contribution >= 0.6 is 0 Å². The van der Waals surface area contributed by atoms with Crippen molar-refractivity contribution in [1.29, 1.82) is 0 Å². The van der Waals surface area contributed by atoms with Crippen LogP contribution in [0.25, 0.3) is 0 Å². The second kappa shape index (κ2) is 4.06. The maximum absolute atomic E-state index is 3.71. The van der Waals surface area contributed by atoms with Gasteiger partial charge >= 0.3 is 0 Å². The average molecular weight is 152 g/mol. The van der Waals surface area contributed by atoms with E-state index in [1.165, 1.54) is 12.8 Å². The number of nitrogens with zero attached hydrogens (tertiary/aromatic N) is 2. The van der Waals surface area contributed by atoms with Crippen LogP contribution in [0.4, 0.5) is 0 Å². The first-order valence-corrected chi connectivity index (χ1v) is 4.17. The lowest BCUT2D eigenvalue weighted by Crippen LogP contribution is -2.22. The Morgan fingerprint density at radius 3 is 2.91 bits per heavy atom. The van der Waals surface area contributed by atoms with Crippen molar-refractivity contribution in [3.8, 4) is 0 Å². The minimum Gasteiger partial charge on any atom is -0.358 e. The molecule has 0 aromatic carbocycles. The molecule has 1 heterocycles. The van der Waals surface area contributed by atoms with E-state index in [0.717, 1.165) is 13.2 Å². The van der Waals surface area contributed by atoms with E-state index in [0.29, 0.717) is 0 Å². The van der Waals surface area contributed by atoms with Crippen LogP contribution in [0.5, 0.6) is 0 Å². The van der Waals surface area contributed by atoms with Crippen molar-refractivity contribution < 1.29 is 0 Å². The van der Waals surface area contributed by atoms with Gasteiger partial charge in [0.1, 0.15) is 0 Å². The van der Waals surface area contributed by atoms with Gasteiger partial charge in [-0.15, -0.1) is 0 Å². The molecule has 11 heavy (non-hydrogen) atoms. The molecule has 0 amide bonds. The lowest BCUT2D eigenvalue weighted by molar-refractivity contribution is 0.310. The Kier molecular flexibility index (Phi) is 3.02. The third kappa shape index (κ3) is 2.30. The fourth-order valence-electron chi connectivity index (χ4n) is 1.11. The summed E-state index contributed by atoms with van der Waals surface area (Å²) in [4.78, 5) is 4.38. The SMILES string of the molecule is C=CN1C=CN(CCCC)C1. The van der Waals surface area contributed by atoms with Gasteiger partial charge in [0, 0.05) is 18.9 Å². The van der Waals surface area contributed by atoms with Gasteiger partial charge in [0.2, 0.25) is 0 Å². The number of hydrogen-bond acceptors (Lipinski definition) is 2. The molecule has 0 fully saturated rings. The van der Waals surface area contributed by atoms with E-state index in [1.807, 2.05) is 6.20 Å². The van der Waals surface area contributed by atoms with Gasteiger partial charge in [-0.1, -0.05) is 19.9 Å². The van der Waals surface area contributed by atoms with E-state index in [4.69, 9.17) is 0 Å². The molecule has 0 aliphatic carbocycles. The normalized spacial score (nSPS) is 16.1. The van der Waals surface area contributed by atoms with Gasteiger partial charge < -0.3 is 9.80 Å². The summed E-state index contributed by atoms with van der Waals surface area (Å²) in [5, 5.41) is 0. The molecule has 0 bridgehead atoms. The Hall–Kier alpha value is -0.920. The molecule has 1 aliphatic rings. The Labute approximate surface area is 68.8 Å². The predicted molar refractivity (Wildman–Crippen MR) is 47.7 cm³/mol. The highest BCUT2D eigenvalue weighted by Gasteiger charge is 2.07. The molecule has 0 spiro atoms. The summed E-state index contributed by atoms with van der Waals surface area (Å²) in [5.74, 6) is 0. The summed E-state index contributed by atoms with van der Waals surface area (Å²) in [6.45, 7) is 8.06. The van der Waals surface area contributed by atoms with E-state index in [-0.39, 0.29) is 0 Å². The molecule has 2 heteroatoms. The predicted octanol–water partition coefficient (Wildman–Crippen LogP) is 1.98. The molecule has 1 rings (SSSR count). The highest BCUT2D eigenvalue weighted by atomic mass is 15.3. The second-order valence-corrected chi connectivity index (χ2v) is 2.80. The molecule has 62 valence electrons. The van der Waals surface area contributed by atoms with Crippen molar-refractivity contribution in [2.45, 2.75) is 19.8 Å². The lowest BCUT2D eigenvalue weighted by atomic mass is 10.3. The zero-order valence-electron chi connectivity index (χ0n) is 7.16. The average Bonchev–Trinajstić information content (AvgIpc) is 2.48. The van der Waals surface area contributed by atoms with E-state index in [2.05, 4.69) is 35.7 Å². The molecular formula is C9H16N2. The summed E-state index contributed by atoms with van der Waals surface area (Å²) in [6.07, 6.45) is 8.57. The minimum absolute atomic E-state index is 0.976. The molecule has 1 aliphatic heterocycles. The van der Waals surface area contributed by atoms with Crippen LogP contribution in [0.2, 0.25) is 0 Å². The fraction of sp³-hybridized carbons (Fsp3) is 0.556. The van der Waals surface area contributed by atoms with Crippen LogP contribution in [0, 0.1) is 0 Å². The maximum Gasteiger partial charge on any atom is 0.0935 e. The van der Waals surface area contributed by atoms with Gasteiger partial charge in [-0.2, -0.15) is 0 Å². The maximum atomic E-state index is 3.71. The summed E-state index contributed by atoms with van der Waals surface area (Å²) < 4.78 is 0. The quantitative estimate of drug-likeness (QED) is 0.607. The third-order valence-electron chi connectivity index (χ3n) is 1.85. The molecule has 2 nitrogen and oxygen atoms in total. The van der Waals surface area contributed by atoms with Gasteiger partial charge in [-0.25, -0.2) is 0 Å². The first kappa shape index (κ1) is 8.18. The number of unbranched alkanes of at least 4 members (excludes halogenated alkanes) is 1. The largest absolute Gasteiger partial charge is 0.358 e. The van der Waals surface area contributed by atoms with E-state index >= 15 is 0 Å². The van der Waals surface area contributed by atoms with E-state index in [9.17, 15) is 0 Å². The first-order chi connectivity index (χ1) is 5.36. The van der Waals surface area contributed by atoms with Crippen LogP contribution in [-0.2, 0) is 0 Å². The van der Waals surface area contributed by atoms with E-state index < -0.39 is 0 Å². The highest BCUT2D eigenvalue weighted by molar-refractivity contribution is 4.94. The fourth-order valence-corrected chi connectivity index (χ4v) is 1.11. The zero-order chi connectivity index (χ0) is 8.10. The third-order valence-corrected chi connectivity index (χ3v) is 1.85. The van der Waals surface area contributed by atoms with Gasteiger partial charge in [0.15, 0.2) is 0 Å². The van der Waals surface area contributed by atoms with Crippen molar-refractivity contribution in [2.75, 3.05) is 13.2 Å².